The van der Waals surface area contributed by atoms with Gasteiger partial charge in [-0.3, -0.25) is 0 Å². The van der Waals surface area contributed by atoms with Crippen molar-refractivity contribution in [1.82, 2.24) is 0 Å². The molecule has 0 heterocycles. The van der Waals surface area contributed by atoms with Crippen LogP contribution >= 0.6 is 0 Å². The van der Waals surface area contributed by atoms with E-state index in [1.165, 1.54) is 0 Å². The fourth-order valence-corrected chi connectivity index (χ4v) is 1.47. The van der Waals surface area contributed by atoms with Crippen LogP contribution in [0.4, 0.5) is 0 Å². The van der Waals surface area contributed by atoms with Crippen molar-refractivity contribution in [3.05, 3.63) is 24.5 Å². The highest BCUT2D eigenvalue weighted by molar-refractivity contribution is 6.70. The summed E-state index contributed by atoms with van der Waals surface area (Å²) in [6.07, 6.45) is 3.82. The van der Waals surface area contributed by atoms with E-state index in [1.54, 1.807) is 0 Å². The molecule has 0 unspecified atom stereocenters. The Hall–Kier alpha value is -0.503. The lowest BCUT2D eigenvalue weighted by Gasteiger charge is -2.18. The average Bonchev–Trinajstić information content (AvgIpc) is 1.59. The van der Waals surface area contributed by atoms with E-state index < -0.39 is 8.32 Å². The van der Waals surface area contributed by atoms with Gasteiger partial charge in [-0.1, -0.05) is 12.7 Å². The minimum Gasteiger partial charge on any atom is -0.545 e. The summed E-state index contributed by atoms with van der Waals surface area (Å²) < 4.78 is 5.54. The van der Waals surface area contributed by atoms with Crippen molar-refractivity contribution >= 4 is 8.32 Å². The number of rotatable bonds is 3. The van der Waals surface area contributed by atoms with Crippen LogP contribution in [-0.4, -0.2) is 8.32 Å². The van der Waals surface area contributed by atoms with Crippen molar-refractivity contribution < 1.29 is 4.43 Å². The second-order valence-corrected chi connectivity index (χ2v) is 7.61. The molecule has 58 valence electrons. The fourth-order valence-electron chi connectivity index (χ4n) is 0.613. The molecule has 0 bridgehead atoms. The van der Waals surface area contributed by atoms with Gasteiger partial charge in [-0.25, -0.2) is 0 Å². The first-order chi connectivity index (χ1) is 4.45. The lowest BCUT2D eigenvalue weighted by molar-refractivity contribution is 0.444. The predicted octanol–water partition coefficient (Wildman–Crippen LogP) is 2.93. The van der Waals surface area contributed by atoms with Gasteiger partial charge in [-0.05, 0) is 32.6 Å². The van der Waals surface area contributed by atoms with Gasteiger partial charge in [-0.15, -0.1) is 0 Å². The van der Waals surface area contributed by atoms with Crippen molar-refractivity contribution in [2.24, 2.45) is 0 Å². The standard InChI is InChI=1S/C8H16OSi/c1-6-7-8(2)9-10(3,4)5/h6-7H,2H2,1,3-5H3/b7-6+. The van der Waals surface area contributed by atoms with Gasteiger partial charge in [-0.2, -0.15) is 0 Å². The van der Waals surface area contributed by atoms with E-state index in [1.807, 2.05) is 19.1 Å². The van der Waals surface area contributed by atoms with Gasteiger partial charge in [0.25, 0.3) is 0 Å². The summed E-state index contributed by atoms with van der Waals surface area (Å²) in [5.74, 6) is 0.779. The SMILES string of the molecule is C=C(/C=C/C)O[Si](C)(C)C. The molecule has 2 heteroatoms. The lowest BCUT2D eigenvalue weighted by Crippen LogP contribution is -2.23. The molecule has 1 nitrogen and oxygen atoms in total. The molecule has 0 saturated heterocycles. The van der Waals surface area contributed by atoms with E-state index in [9.17, 15) is 0 Å². The largest absolute Gasteiger partial charge is 0.545 e. The molecule has 0 aromatic heterocycles. The Labute approximate surface area is 64.5 Å². The lowest BCUT2D eigenvalue weighted by atomic mass is 10.5. The summed E-state index contributed by atoms with van der Waals surface area (Å²) in [5.41, 5.74) is 0. The smallest absolute Gasteiger partial charge is 0.242 e. The molecule has 0 radical (unpaired) electrons. The summed E-state index contributed by atoms with van der Waals surface area (Å²) in [7, 11) is -1.41. The summed E-state index contributed by atoms with van der Waals surface area (Å²) in [6.45, 7) is 12.1. The van der Waals surface area contributed by atoms with Crippen LogP contribution in [0.3, 0.4) is 0 Å². The molecule has 0 amide bonds. The third-order valence-electron chi connectivity index (χ3n) is 0.790. The first-order valence-electron chi connectivity index (χ1n) is 3.46. The first kappa shape index (κ1) is 9.50. The highest BCUT2D eigenvalue weighted by Crippen LogP contribution is 2.08. The molecule has 0 aromatic carbocycles. The zero-order valence-electron chi connectivity index (χ0n) is 7.27. The minimum atomic E-state index is -1.41. The highest BCUT2D eigenvalue weighted by Gasteiger charge is 2.15. The van der Waals surface area contributed by atoms with Gasteiger partial charge in [0.05, 0.1) is 5.76 Å². The molecule has 0 rings (SSSR count). The van der Waals surface area contributed by atoms with E-state index in [2.05, 4.69) is 26.2 Å². The van der Waals surface area contributed by atoms with Crippen LogP contribution in [0.1, 0.15) is 6.92 Å². The second-order valence-electron chi connectivity index (χ2n) is 3.18. The Kier molecular flexibility index (Phi) is 3.43. The highest BCUT2D eigenvalue weighted by atomic mass is 28.4. The Balaban J connectivity index is 3.81. The van der Waals surface area contributed by atoms with Crippen LogP contribution in [0, 0.1) is 0 Å². The summed E-state index contributed by atoms with van der Waals surface area (Å²) in [5, 5.41) is 0. The van der Waals surface area contributed by atoms with Gasteiger partial charge in [0.2, 0.25) is 8.32 Å². The van der Waals surface area contributed by atoms with E-state index >= 15 is 0 Å². The van der Waals surface area contributed by atoms with Crippen LogP contribution in [-0.2, 0) is 4.43 Å². The molecule has 0 saturated carbocycles. The quantitative estimate of drug-likeness (QED) is 0.347. The van der Waals surface area contributed by atoms with Gasteiger partial charge in [0.1, 0.15) is 0 Å². The van der Waals surface area contributed by atoms with Crippen LogP contribution in [0.15, 0.2) is 24.5 Å². The molecule has 0 N–H and O–H groups in total. The topological polar surface area (TPSA) is 9.23 Å². The Morgan fingerprint density at radius 1 is 1.40 bits per heavy atom. The molecule has 10 heavy (non-hydrogen) atoms. The van der Waals surface area contributed by atoms with E-state index in [-0.39, 0.29) is 0 Å². The molecule has 0 atom stereocenters. The Morgan fingerprint density at radius 3 is 2.20 bits per heavy atom. The van der Waals surface area contributed by atoms with E-state index in [0.29, 0.717) is 0 Å². The number of allylic oxidation sites excluding steroid dienone is 2. The summed E-state index contributed by atoms with van der Waals surface area (Å²) in [6, 6.07) is 0. The van der Waals surface area contributed by atoms with Gasteiger partial charge < -0.3 is 4.43 Å². The normalized spacial score (nSPS) is 12.0. The third kappa shape index (κ3) is 5.63. The van der Waals surface area contributed by atoms with Gasteiger partial charge in [0.15, 0.2) is 0 Å². The maximum Gasteiger partial charge on any atom is 0.242 e. The molecule has 0 aliphatic heterocycles. The number of hydrogen-bond donors (Lipinski definition) is 0. The maximum absolute atomic E-state index is 5.54. The summed E-state index contributed by atoms with van der Waals surface area (Å²) in [4.78, 5) is 0. The first-order valence-corrected chi connectivity index (χ1v) is 6.87. The maximum atomic E-state index is 5.54. The molecular formula is C8H16OSi. The van der Waals surface area contributed by atoms with Crippen LogP contribution in [0.25, 0.3) is 0 Å². The van der Waals surface area contributed by atoms with Crippen LogP contribution < -0.4 is 0 Å². The van der Waals surface area contributed by atoms with Crippen LogP contribution in [0.5, 0.6) is 0 Å². The second kappa shape index (κ2) is 3.61. The average molecular weight is 156 g/mol. The van der Waals surface area contributed by atoms with Crippen molar-refractivity contribution in [2.45, 2.75) is 26.6 Å². The minimum absolute atomic E-state index is 0.779. The van der Waals surface area contributed by atoms with Crippen molar-refractivity contribution in [2.75, 3.05) is 0 Å². The molecule has 0 aromatic rings. The third-order valence-corrected chi connectivity index (χ3v) is 1.66. The van der Waals surface area contributed by atoms with Crippen molar-refractivity contribution in [3.63, 3.8) is 0 Å². The zero-order valence-corrected chi connectivity index (χ0v) is 8.27. The van der Waals surface area contributed by atoms with E-state index in [0.717, 1.165) is 5.76 Å². The van der Waals surface area contributed by atoms with Gasteiger partial charge >= 0.3 is 0 Å². The van der Waals surface area contributed by atoms with E-state index in [4.69, 9.17) is 4.43 Å². The molecule has 0 aliphatic rings. The molecular weight excluding hydrogens is 140 g/mol. The molecule has 0 aliphatic carbocycles. The fraction of sp³-hybridized carbons (Fsp3) is 0.500. The van der Waals surface area contributed by atoms with Crippen molar-refractivity contribution in [3.8, 4) is 0 Å². The summed E-state index contributed by atoms with van der Waals surface area (Å²) >= 11 is 0. The Morgan fingerprint density at radius 2 is 1.90 bits per heavy atom. The number of hydrogen-bond acceptors (Lipinski definition) is 1. The Bertz CT molecular complexity index is 142. The molecule has 0 spiro atoms. The zero-order chi connectivity index (χ0) is 8.20. The van der Waals surface area contributed by atoms with Crippen molar-refractivity contribution in [1.29, 1.82) is 0 Å². The monoisotopic (exact) mass is 156 g/mol. The molecule has 0 fully saturated rings. The predicted molar refractivity (Wildman–Crippen MR) is 48.4 cm³/mol. The van der Waals surface area contributed by atoms with Crippen LogP contribution in [0.2, 0.25) is 19.6 Å². The van der Waals surface area contributed by atoms with Gasteiger partial charge in [0, 0.05) is 0 Å².